The number of hydrogen-bond acceptors (Lipinski definition) is 2. The molecule has 1 amide bonds. The molecule has 3 nitrogen and oxygen atoms in total. The van der Waals surface area contributed by atoms with Gasteiger partial charge in [-0.15, -0.1) is 0 Å². The fourth-order valence-electron chi connectivity index (χ4n) is 0.995. The van der Waals surface area contributed by atoms with Crippen LogP contribution in [0.2, 0.25) is 0 Å². The molecule has 1 aromatic carbocycles. The third-order valence-electron chi connectivity index (χ3n) is 1.90. The molecule has 1 unspecified atom stereocenters. The third-order valence-corrected chi connectivity index (χ3v) is 1.90. The van der Waals surface area contributed by atoms with E-state index in [0.29, 0.717) is 12.1 Å². The largest absolute Gasteiger partial charge is 0.351 e. The van der Waals surface area contributed by atoms with Crippen LogP contribution < -0.4 is 5.32 Å². The van der Waals surface area contributed by atoms with Gasteiger partial charge in [-0.3, -0.25) is 4.79 Å². The SMILES string of the molecule is CC(C#N)CNC(=O)c1ccc(F)cc1. The molecule has 0 fully saturated rings. The van der Waals surface area contributed by atoms with E-state index in [9.17, 15) is 9.18 Å². The molecule has 0 saturated carbocycles. The zero-order valence-electron chi connectivity index (χ0n) is 8.33. The fourth-order valence-corrected chi connectivity index (χ4v) is 0.995. The maximum atomic E-state index is 12.5. The second-order valence-electron chi connectivity index (χ2n) is 3.25. The van der Waals surface area contributed by atoms with Crippen LogP contribution in [0.25, 0.3) is 0 Å². The van der Waals surface area contributed by atoms with Crippen LogP contribution in [0.3, 0.4) is 0 Å². The first kappa shape index (κ1) is 11.2. The minimum Gasteiger partial charge on any atom is -0.351 e. The lowest BCUT2D eigenvalue weighted by Gasteiger charge is -2.05. The molecule has 0 saturated heterocycles. The minimum atomic E-state index is -0.378. The molecule has 78 valence electrons. The van der Waals surface area contributed by atoms with Crippen molar-refractivity contribution in [3.8, 4) is 6.07 Å². The molecule has 4 heteroatoms. The van der Waals surface area contributed by atoms with Crippen molar-refractivity contribution in [2.45, 2.75) is 6.92 Å². The van der Waals surface area contributed by atoms with E-state index >= 15 is 0 Å². The molecule has 15 heavy (non-hydrogen) atoms. The summed E-state index contributed by atoms with van der Waals surface area (Å²) < 4.78 is 12.5. The van der Waals surface area contributed by atoms with E-state index in [0.717, 1.165) is 0 Å². The number of hydrogen-bond donors (Lipinski definition) is 1. The molecular weight excluding hydrogens is 195 g/mol. The van der Waals surface area contributed by atoms with E-state index in [4.69, 9.17) is 5.26 Å². The van der Waals surface area contributed by atoms with E-state index in [1.807, 2.05) is 6.07 Å². The molecule has 1 N–H and O–H groups in total. The van der Waals surface area contributed by atoms with Crippen molar-refractivity contribution >= 4 is 5.91 Å². The first-order chi connectivity index (χ1) is 7.13. The standard InChI is InChI=1S/C11H11FN2O/c1-8(6-13)7-14-11(15)9-2-4-10(12)5-3-9/h2-5,8H,7H2,1H3,(H,14,15). The van der Waals surface area contributed by atoms with E-state index in [1.165, 1.54) is 24.3 Å². The molecule has 0 aliphatic carbocycles. The van der Waals surface area contributed by atoms with Crippen LogP contribution in [0.4, 0.5) is 4.39 Å². The summed E-state index contributed by atoms with van der Waals surface area (Å²) >= 11 is 0. The minimum absolute atomic E-state index is 0.227. The summed E-state index contributed by atoms with van der Waals surface area (Å²) in [5.74, 6) is -0.900. The van der Waals surface area contributed by atoms with E-state index in [1.54, 1.807) is 6.92 Å². The summed E-state index contributed by atoms with van der Waals surface area (Å²) in [4.78, 5) is 11.4. The lowest BCUT2D eigenvalue weighted by atomic mass is 10.2. The number of halogens is 1. The predicted octanol–water partition coefficient (Wildman–Crippen LogP) is 1.72. The first-order valence-corrected chi connectivity index (χ1v) is 4.57. The smallest absolute Gasteiger partial charge is 0.251 e. The summed E-state index contributed by atoms with van der Waals surface area (Å²) in [6, 6.07) is 7.26. The highest BCUT2D eigenvalue weighted by Crippen LogP contribution is 2.02. The average molecular weight is 206 g/mol. The van der Waals surface area contributed by atoms with Crippen molar-refractivity contribution < 1.29 is 9.18 Å². The normalized spacial score (nSPS) is 11.5. The van der Waals surface area contributed by atoms with Gasteiger partial charge in [0.1, 0.15) is 5.82 Å². The highest BCUT2D eigenvalue weighted by atomic mass is 19.1. The van der Waals surface area contributed by atoms with Crippen LogP contribution in [0.1, 0.15) is 17.3 Å². The maximum Gasteiger partial charge on any atom is 0.251 e. The Morgan fingerprint density at radius 3 is 2.67 bits per heavy atom. The number of amides is 1. The van der Waals surface area contributed by atoms with Crippen molar-refractivity contribution in [1.29, 1.82) is 5.26 Å². The number of nitrogens with one attached hydrogen (secondary N) is 1. The van der Waals surface area contributed by atoms with Crippen LogP contribution in [0.15, 0.2) is 24.3 Å². The Hall–Kier alpha value is -1.89. The van der Waals surface area contributed by atoms with Gasteiger partial charge in [0, 0.05) is 12.1 Å². The van der Waals surface area contributed by atoms with Gasteiger partial charge in [-0.05, 0) is 31.2 Å². The molecule has 1 atom stereocenters. The lowest BCUT2D eigenvalue weighted by Crippen LogP contribution is -2.27. The Morgan fingerprint density at radius 2 is 2.13 bits per heavy atom. The summed E-state index contributed by atoms with van der Waals surface area (Å²) in [5, 5.41) is 11.1. The molecule has 1 rings (SSSR count). The van der Waals surface area contributed by atoms with Gasteiger partial charge in [0.05, 0.1) is 12.0 Å². The summed E-state index contributed by atoms with van der Waals surface area (Å²) in [6.45, 7) is 2.01. The molecule has 0 radical (unpaired) electrons. The number of nitriles is 1. The average Bonchev–Trinajstić information content (AvgIpc) is 2.26. The fraction of sp³-hybridized carbons (Fsp3) is 0.273. The Kier molecular flexibility index (Phi) is 3.81. The quantitative estimate of drug-likeness (QED) is 0.818. The zero-order chi connectivity index (χ0) is 11.3. The molecule has 0 aliphatic heterocycles. The van der Waals surface area contributed by atoms with Crippen LogP contribution >= 0.6 is 0 Å². The van der Waals surface area contributed by atoms with Gasteiger partial charge in [0.15, 0.2) is 0 Å². The van der Waals surface area contributed by atoms with Crippen LogP contribution in [0, 0.1) is 23.1 Å². The van der Waals surface area contributed by atoms with Crippen molar-refractivity contribution in [2.24, 2.45) is 5.92 Å². The van der Waals surface area contributed by atoms with Crippen molar-refractivity contribution in [3.63, 3.8) is 0 Å². The molecule has 0 spiro atoms. The summed E-state index contributed by atoms with van der Waals surface area (Å²) in [7, 11) is 0. The number of carbonyl (C=O) groups excluding carboxylic acids is 1. The Bertz CT molecular complexity index is 381. The van der Waals surface area contributed by atoms with Gasteiger partial charge in [-0.2, -0.15) is 5.26 Å². The van der Waals surface area contributed by atoms with Crippen molar-refractivity contribution in [3.05, 3.63) is 35.6 Å². The molecule has 1 aromatic rings. The van der Waals surface area contributed by atoms with Crippen LogP contribution in [0.5, 0.6) is 0 Å². The van der Waals surface area contributed by atoms with E-state index < -0.39 is 0 Å². The predicted molar refractivity (Wildman–Crippen MR) is 53.5 cm³/mol. The van der Waals surface area contributed by atoms with Crippen molar-refractivity contribution in [2.75, 3.05) is 6.54 Å². The van der Waals surface area contributed by atoms with Crippen LogP contribution in [-0.2, 0) is 0 Å². The van der Waals surface area contributed by atoms with Gasteiger partial charge in [-0.1, -0.05) is 0 Å². The van der Waals surface area contributed by atoms with E-state index in [2.05, 4.69) is 5.32 Å². The second kappa shape index (κ2) is 5.11. The van der Waals surface area contributed by atoms with Gasteiger partial charge in [0.25, 0.3) is 5.91 Å². The highest BCUT2D eigenvalue weighted by molar-refractivity contribution is 5.94. The second-order valence-corrected chi connectivity index (χ2v) is 3.25. The Morgan fingerprint density at radius 1 is 1.53 bits per heavy atom. The summed E-state index contributed by atoms with van der Waals surface area (Å²) in [6.07, 6.45) is 0. The number of nitrogens with zero attached hydrogens (tertiary/aromatic N) is 1. The molecule has 0 bridgehead atoms. The summed E-state index contributed by atoms with van der Waals surface area (Å²) in [5.41, 5.74) is 0.390. The molecule has 0 heterocycles. The molecular formula is C11H11FN2O. The zero-order valence-corrected chi connectivity index (χ0v) is 8.33. The number of benzene rings is 1. The van der Waals surface area contributed by atoms with Gasteiger partial charge < -0.3 is 5.32 Å². The Balaban J connectivity index is 2.55. The maximum absolute atomic E-state index is 12.5. The Labute approximate surface area is 87.5 Å². The third kappa shape index (κ3) is 3.39. The van der Waals surface area contributed by atoms with Gasteiger partial charge >= 0.3 is 0 Å². The van der Waals surface area contributed by atoms with E-state index in [-0.39, 0.29) is 17.6 Å². The number of rotatable bonds is 3. The van der Waals surface area contributed by atoms with Gasteiger partial charge in [-0.25, -0.2) is 4.39 Å². The highest BCUT2D eigenvalue weighted by Gasteiger charge is 2.06. The van der Waals surface area contributed by atoms with Crippen molar-refractivity contribution in [1.82, 2.24) is 5.32 Å². The molecule has 0 aromatic heterocycles. The van der Waals surface area contributed by atoms with Gasteiger partial charge in [0.2, 0.25) is 0 Å². The molecule has 0 aliphatic rings. The van der Waals surface area contributed by atoms with Crippen LogP contribution in [-0.4, -0.2) is 12.5 Å². The first-order valence-electron chi connectivity index (χ1n) is 4.57. The lowest BCUT2D eigenvalue weighted by molar-refractivity contribution is 0.0950. The topological polar surface area (TPSA) is 52.9 Å². The monoisotopic (exact) mass is 206 g/mol. The number of carbonyl (C=O) groups is 1.